The number of nitrogen functional groups attached to an aromatic ring is 2. The van der Waals surface area contributed by atoms with Crippen LogP contribution in [0, 0.1) is 0 Å². The van der Waals surface area contributed by atoms with Crippen molar-refractivity contribution >= 4 is 66.0 Å². The Morgan fingerprint density at radius 3 is 2.49 bits per heavy atom. The van der Waals surface area contributed by atoms with Crippen LogP contribution in [0.2, 0.25) is 0 Å². The topological polar surface area (TPSA) is 338 Å². The summed E-state index contributed by atoms with van der Waals surface area (Å²) in [5.41, 5.74) is 10.9. The number of nitrogens with two attached hydrogens (primary N) is 2. The Morgan fingerprint density at radius 2 is 1.81 bits per heavy atom. The maximum atomic E-state index is 13.3. The largest absolute Gasteiger partial charge is 0.472 e. The quantitative estimate of drug-likeness (QED) is 0.0595. The van der Waals surface area contributed by atoms with Gasteiger partial charge in [-0.05, 0) is 6.07 Å². The molecule has 5 rings (SSSR count). The molecule has 2 aliphatic heterocycles. The number of carbonyl (C=O) groups excluding carboxylic acids is 1. The number of nitrogens with zero attached hydrogens (tertiary/aromatic N) is 6. The fourth-order valence-electron chi connectivity index (χ4n) is 5.16. The average molecular weight is 829 g/mol. The van der Waals surface area contributed by atoms with E-state index in [-0.39, 0.29) is 39.7 Å². The molecule has 3 aromatic rings. The first kappa shape index (κ1) is 41.4. The zero-order chi connectivity index (χ0) is 38.9. The summed E-state index contributed by atoms with van der Waals surface area (Å²) in [6.07, 6.45) is -8.49. The lowest BCUT2D eigenvalue weighted by atomic mass is 10.1. The zero-order valence-corrected chi connectivity index (χ0v) is 31.5. The van der Waals surface area contributed by atoms with Crippen molar-refractivity contribution in [3.8, 4) is 0 Å². The van der Waals surface area contributed by atoms with E-state index < -0.39 is 89.6 Å². The van der Waals surface area contributed by atoms with Crippen molar-refractivity contribution in [1.29, 1.82) is 0 Å². The summed E-state index contributed by atoms with van der Waals surface area (Å²) in [5.74, 6) is -1.25. The van der Waals surface area contributed by atoms with Crippen LogP contribution in [0.4, 0.5) is 11.6 Å². The van der Waals surface area contributed by atoms with Crippen molar-refractivity contribution in [2.45, 2.75) is 81.0 Å². The molecule has 5 heterocycles. The Labute approximate surface area is 307 Å². The number of phosphoric acid groups is 2. The van der Waals surface area contributed by atoms with Gasteiger partial charge in [-0.2, -0.15) is 4.98 Å². The second-order valence-corrected chi connectivity index (χ2v) is 18.5. The van der Waals surface area contributed by atoms with E-state index in [1.165, 1.54) is 44.7 Å². The number of rotatable bonds is 15. The smallest absolute Gasteiger partial charge is 0.455 e. The Morgan fingerprint density at radius 1 is 1.09 bits per heavy atom. The minimum Gasteiger partial charge on any atom is -0.455 e. The highest BCUT2D eigenvalue weighted by Gasteiger charge is 2.50. The van der Waals surface area contributed by atoms with Crippen LogP contribution >= 0.6 is 37.2 Å². The number of hydrogen-bond acceptors (Lipinski definition) is 20. The molecule has 0 aliphatic carbocycles. The maximum absolute atomic E-state index is 13.3. The van der Waals surface area contributed by atoms with E-state index >= 15 is 0 Å². The number of esters is 1. The predicted molar refractivity (Wildman–Crippen MR) is 185 cm³/mol. The van der Waals surface area contributed by atoms with Crippen LogP contribution in [0.25, 0.3) is 11.2 Å². The van der Waals surface area contributed by atoms with Crippen LogP contribution in [0.1, 0.15) is 39.6 Å². The fraction of sp³-hybridized carbons (Fsp3) is 0.615. The van der Waals surface area contributed by atoms with E-state index in [9.17, 15) is 43.6 Å². The molecule has 3 aromatic heterocycles. The molecule has 2 saturated heterocycles. The third-order valence-electron chi connectivity index (χ3n) is 7.45. The van der Waals surface area contributed by atoms with Gasteiger partial charge in [0.25, 0.3) is 0 Å². The summed E-state index contributed by atoms with van der Waals surface area (Å²) in [6, 6.07) is 1.28. The summed E-state index contributed by atoms with van der Waals surface area (Å²) in [5, 5.41) is 21.9. The molecule has 0 amide bonds. The van der Waals surface area contributed by atoms with E-state index in [0.717, 1.165) is 10.9 Å². The highest BCUT2D eigenvalue weighted by molar-refractivity contribution is 8.77. The van der Waals surface area contributed by atoms with Gasteiger partial charge < -0.3 is 50.6 Å². The minimum atomic E-state index is -5.16. The van der Waals surface area contributed by atoms with Crippen LogP contribution in [0.15, 0.2) is 29.7 Å². The van der Waals surface area contributed by atoms with E-state index in [1.54, 1.807) is 0 Å². The Kier molecular flexibility index (Phi) is 12.9. The van der Waals surface area contributed by atoms with Crippen molar-refractivity contribution in [3.63, 3.8) is 0 Å². The molecule has 27 heteroatoms. The molecule has 2 aliphatic rings. The van der Waals surface area contributed by atoms with Gasteiger partial charge >= 0.3 is 27.3 Å². The van der Waals surface area contributed by atoms with Crippen LogP contribution in [-0.2, 0) is 41.7 Å². The summed E-state index contributed by atoms with van der Waals surface area (Å²) in [4.78, 5) is 70.3. The number of imidazole rings is 1. The second kappa shape index (κ2) is 16.5. The number of ether oxygens (including phenoxy) is 3. The van der Waals surface area contributed by atoms with E-state index in [2.05, 4.69) is 24.5 Å². The summed E-state index contributed by atoms with van der Waals surface area (Å²) < 4.78 is 59.0. The Balaban J connectivity index is 1.33. The second-order valence-electron chi connectivity index (χ2n) is 12.6. The standard InChI is InChI=1S/C26H38N8O15P2S2/c1-26(2,3)53-52-9-12(35)24(37)48-20-15(47-23(19(20)36)34-11-31-18-21(28)29-10-30-22(18)34)8-45-51(42,43)49-13-6-17(33-5-4-16(27)32-25(33)38)46-14(13)7-44-50(39,40)41/h4-5,10-15,17,19-20,23,35-36H,6-9H2,1-3H3,(H,42,43)(H2,27,32,38)(H2,28,29,30)(H2,39,40,41)/t12-,13-,14+,15?,17+,19?,20?,23?/m0/s1. The monoisotopic (exact) mass is 828 g/mol. The first-order valence-electron chi connectivity index (χ1n) is 15.5. The summed E-state index contributed by atoms with van der Waals surface area (Å²) in [6.45, 7) is 4.15. The molecule has 23 nitrogen and oxygen atoms in total. The zero-order valence-electron chi connectivity index (χ0n) is 28.1. The number of phosphoric ester groups is 2. The van der Waals surface area contributed by atoms with Gasteiger partial charge in [0.2, 0.25) is 0 Å². The molecule has 2 fully saturated rings. The van der Waals surface area contributed by atoms with Gasteiger partial charge in [0, 0.05) is 23.1 Å². The number of hydrogen-bond donors (Lipinski definition) is 7. The Bertz CT molecular complexity index is 1930. The van der Waals surface area contributed by atoms with Gasteiger partial charge in [-0.1, -0.05) is 42.4 Å². The van der Waals surface area contributed by atoms with Gasteiger partial charge in [0.15, 0.2) is 29.9 Å². The van der Waals surface area contributed by atoms with Crippen molar-refractivity contribution in [2.24, 2.45) is 0 Å². The van der Waals surface area contributed by atoms with Crippen LogP contribution < -0.4 is 17.2 Å². The van der Waals surface area contributed by atoms with Crippen LogP contribution in [0.3, 0.4) is 0 Å². The third kappa shape index (κ3) is 10.7. The molecule has 0 saturated carbocycles. The van der Waals surface area contributed by atoms with Gasteiger partial charge in [-0.15, -0.1) is 0 Å². The molecule has 9 atom stereocenters. The lowest BCUT2D eigenvalue weighted by Crippen LogP contribution is -2.41. The van der Waals surface area contributed by atoms with E-state index in [1.807, 2.05) is 20.8 Å². The minimum absolute atomic E-state index is 0.0244. The SMILES string of the molecule is CC(C)(C)SSC[C@H](O)C(=O)OC1C(COP(=O)(O)O[C@H]2C[C@H](n3ccc(N)nc3=O)O[C@@H]2COP(=O)(O)O)OC(n2cnc3c(N)ncnc32)C1O. The summed E-state index contributed by atoms with van der Waals surface area (Å²) >= 11 is 0. The first-order valence-corrected chi connectivity index (χ1v) is 20.9. The number of aliphatic hydroxyl groups excluding tert-OH is 2. The molecule has 0 aromatic carbocycles. The highest BCUT2D eigenvalue weighted by Crippen LogP contribution is 2.50. The number of aliphatic hydroxyl groups is 2. The van der Waals surface area contributed by atoms with E-state index in [4.69, 9.17) is 34.7 Å². The van der Waals surface area contributed by atoms with Gasteiger partial charge in [-0.25, -0.2) is 33.7 Å². The fourth-order valence-corrected chi connectivity index (χ4v) is 8.80. The normalized spacial score (nSPS) is 26.8. The first-order chi connectivity index (χ1) is 24.7. The molecular formula is C26H38N8O15P2S2. The molecule has 0 spiro atoms. The van der Waals surface area contributed by atoms with Crippen molar-refractivity contribution < 1.29 is 66.6 Å². The molecule has 0 bridgehead atoms. The molecule has 5 unspecified atom stereocenters. The molecule has 0 radical (unpaired) electrons. The molecule has 9 N–H and O–H groups in total. The summed E-state index contributed by atoms with van der Waals surface area (Å²) in [7, 11) is -7.55. The predicted octanol–water partition coefficient (Wildman–Crippen LogP) is -0.142. The van der Waals surface area contributed by atoms with Crippen LogP contribution in [-0.4, -0.2) is 120 Å². The lowest BCUT2D eigenvalue weighted by Gasteiger charge is -2.24. The van der Waals surface area contributed by atoms with Gasteiger partial charge in [0.1, 0.15) is 48.3 Å². The number of aromatic nitrogens is 6. The molecule has 53 heavy (non-hydrogen) atoms. The number of carbonyl (C=O) groups is 1. The van der Waals surface area contributed by atoms with E-state index in [0.29, 0.717) is 0 Å². The number of anilines is 2. The highest BCUT2D eigenvalue weighted by atomic mass is 33.1. The van der Waals surface area contributed by atoms with Crippen molar-refractivity contribution in [3.05, 3.63) is 35.4 Å². The maximum Gasteiger partial charge on any atom is 0.472 e. The van der Waals surface area contributed by atoms with Crippen molar-refractivity contribution in [1.82, 2.24) is 29.1 Å². The van der Waals surface area contributed by atoms with Crippen LogP contribution in [0.5, 0.6) is 0 Å². The van der Waals surface area contributed by atoms with Gasteiger partial charge in [0.05, 0.1) is 19.5 Å². The Hall–Kier alpha value is -2.74. The lowest BCUT2D eigenvalue weighted by molar-refractivity contribution is -0.165. The average Bonchev–Trinajstić information content (AvgIpc) is 3.74. The molecule has 294 valence electrons. The van der Waals surface area contributed by atoms with Gasteiger partial charge in [-0.3, -0.25) is 22.7 Å². The number of fused-ring (bicyclic) bond motifs is 1. The third-order valence-corrected chi connectivity index (χ3v) is 12.3. The van der Waals surface area contributed by atoms with Crippen molar-refractivity contribution in [2.75, 3.05) is 30.4 Å². The molecular weight excluding hydrogens is 790 g/mol.